The van der Waals surface area contributed by atoms with Crippen LogP contribution < -0.4 is 5.32 Å². The van der Waals surface area contributed by atoms with E-state index < -0.39 is 0 Å². The van der Waals surface area contributed by atoms with E-state index in [9.17, 15) is 0 Å². The van der Waals surface area contributed by atoms with E-state index in [1.54, 1.807) is 0 Å². The molecule has 102 valence electrons. The van der Waals surface area contributed by atoms with Crippen molar-refractivity contribution in [3.05, 3.63) is 0 Å². The number of hydrogen-bond donors (Lipinski definition) is 1. The topological polar surface area (TPSA) is 18.5 Å². The fourth-order valence-corrected chi connectivity index (χ4v) is 2.91. The molecule has 2 atom stereocenters. The molecule has 0 amide bonds. The van der Waals surface area contributed by atoms with Crippen LogP contribution in [0.2, 0.25) is 0 Å². The van der Waals surface area contributed by atoms with Gasteiger partial charge in [-0.25, -0.2) is 0 Å². The molecule has 0 aromatic heterocycles. The highest BCUT2D eigenvalue weighted by atomic mass is 15.2. The Hall–Kier alpha value is -0.120. The predicted octanol–water partition coefficient (Wildman–Crippen LogP) is 1.79. The third-order valence-electron chi connectivity index (χ3n) is 3.97. The highest BCUT2D eigenvalue weighted by Crippen LogP contribution is 2.18. The fraction of sp³-hybridized carbons (Fsp3) is 1.00. The van der Waals surface area contributed by atoms with Crippen LogP contribution in [0.25, 0.3) is 0 Å². The third-order valence-corrected chi connectivity index (χ3v) is 3.97. The molecule has 3 nitrogen and oxygen atoms in total. The molecule has 1 aliphatic rings. The summed E-state index contributed by atoms with van der Waals surface area (Å²) in [6.45, 7) is 6.10. The van der Waals surface area contributed by atoms with Crippen molar-refractivity contribution in [2.75, 3.05) is 40.8 Å². The zero-order valence-corrected chi connectivity index (χ0v) is 12.2. The number of rotatable bonds is 8. The van der Waals surface area contributed by atoms with Gasteiger partial charge in [0.1, 0.15) is 0 Å². The van der Waals surface area contributed by atoms with Gasteiger partial charge in [-0.05, 0) is 66.3 Å². The Labute approximate surface area is 108 Å². The number of likely N-dealkylation sites (N-methyl/N-ethyl adjacent to an activating group) is 1. The Morgan fingerprint density at radius 3 is 2.76 bits per heavy atom. The van der Waals surface area contributed by atoms with Crippen LogP contribution in [0.1, 0.15) is 39.0 Å². The summed E-state index contributed by atoms with van der Waals surface area (Å²) >= 11 is 0. The van der Waals surface area contributed by atoms with Gasteiger partial charge in [0.25, 0.3) is 0 Å². The van der Waals surface area contributed by atoms with Crippen LogP contribution in [0, 0.1) is 0 Å². The van der Waals surface area contributed by atoms with E-state index in [1.807, 2.05) is 0 Å². The highest BCUT2D eigenvalue weighted by molar-refractivity contribution is 4.81. The molecule has 1 rings (SSSR count). The summed E-state index contributed by atoms with van der Waals surface area (Å²) in [6, 6.07) is 1.52. The van der Waals surface area contributed by atoms with Gasteiger partial charge in [-0.1, -0.05) is 6.92 Å². The Morgan fingerprint density at radius 1 is 1.41 bits per heavy atom. The lowest BCUT2D eigenvalue weighted by Gasteiger charge is -2.27. The number of hydrogen-bond acceptors (Lipinski definition) is 3. The first-order valence-corrected chi connectivity index (χ1v) is 7.23. The quantitative estimate of drug-likeness (QED) is 0.699. The van der Waals surface area contributed by atoms with Crippen LogP contribution in [0.5, 0.6) is 0 Å². The summed E-state index contributed by atoms with van der Waals surface area (Å²) in [5.74, 6) is 0. The molecule has 0 saturated carbocycles. The number of nitrogens with one attached hydrogen (secondary N) is 1. The van der Waals surface area contributed by atoms with E-state index in [-0.39, 0.29) is 0 Å². The number of nitrogens with zero attached hydrogens (tertiary/aromatic N) is 2. The summed E-state index contributed by atoms with van der Waals surface area (Å²) in [6.07, 6.45) is 6.68. The van der Waals surface area contributed by atoms with E-state index in [0.29, 0.717) is 6.04 Å². The van der Waals surface area contributed by atoms with Crippen molar-refractivity contribution >= 4 is 0 Å². The van der Waals surface area contributed by atoms with Gasteiger partial charge in [0.05, 0.1) is 0 Å². The van der Waals surface area contributed by atoms with Gasteiger partial charge in [-0.15, -0.1) is 0 Å². The summed E-state index contributed by atoms with van der Waals surface area (Å²) in [5, 5.41) is 3.39. The van der Waals surface area contributed by atoms with E-state index in [4.69, 9.17) is 0 Å². The van der Waals surface area contributed by atoms with Gasteiger partial charge in [0.15, 0.2) is 0 Å². The summed E-state index contributed by atoms with van der Waals surface area (Å²) < 4.78 is 0. The Balaban J connectivity index is 2.21. The largest absolute Gasteiger partial charge is 0.317 e. The van der Waals surface area contributed by atoms with Crippen molar-refractivity contribution in [1.82, 2.24) is 15.1 Å². The molecule has 1 heterocycles. The van der Waals surface area contributed by atoms with E-state index in [0.717, 1.165) is 6.04 Å². The zero-order valence-electron chi connectivity index (χ0n) is 12.2. The lowest BCUT2D eigenvalue weighted by atomic mass is 10.1. The first kappa shape index (κ1) is 14.9. The Bertz CT molecular complexity index is 190. The van der Waals surface area contributed by atoms with Crippen LogP contribution in [0.15, 0.2) is 0 Å². The molecule has 0 radical (unpaired) electrons. The molecular formula is C14H31N3. The van der Waals surface area contributed by atoms with Gasteiger partial charge >= 0.3 is 0 Å². The van der Waals surface area contributed by atoms with Crippen molar-refractivity contribution in [2.45, 2.75) is 51.1 Å². The second-order valence-corrected chi connectivity index (χ2v) is 5.63. The summed E-state index contributed by atoms with van der Waals surface area (Å²) in [7, 11) is 6.45. The lowest BCUT2D eigenvalue weighted by Crippen LogP contribution is -2.38. The molecule has 17 heavy (non-hydrogen) atoms. The van der Waals surface area contributed by atoms with Gasteiger partial charge in [-0.2, -0.15) is 0 Å². The first-order chi connectivity index (χ1) is 8.17. The number of likely N-dealkylation sites (tertiary alicyclic amines) is 1. The van der Waals surface area contributed by atoms with Crippen LogP contribution in [0.3, 0.4) is 0 Å². The van der Waals surface area contributed by atoms with Gasteiger partial charge in [-0.3, -0.25) is 4.90 Å². The lowest BCUT2D eigenvalue weighted by molar-refractivity contribution is 0.202. The smallest absolute Gasteiger partial charge is 0.0223 e. The normalized spacial score (nSPS) is 23.5. The average Bonchev–Trinajstić information content (AvgIpc) is 2.71. The standard InChI is InChI=1S/C14H31N3/c1-5-13(15-2)8-6-10-17-11-7-9-14(17)12-16(3)4/h13-15H,5-12H2,1-4H3. The van der Waals surface area contributed by atoms with E-state index in [2.05, 4.69) is 43.2 Å². The van der Waals surface area contributed by atoms with Gasteiger partial charge in [0.2, 0.25) is 0 Å². The monoisotopic (exact) mass is 241 g/mol. The molecule has 1 aliphatic heterocycles. The molecule has 3 heteroatoms. The van der Waals surface area contributed by atoms with Crippen molar-refractivity contribution < 1.29 is 0 Å². The van der Waals surface area contributed by atoms with Crippen LogP contribution in [-0.4, -0.2) is 62.7 Å². The maximum atomic E-state index is 3.39. The maximum Gasteiger partial charge on any atom is 0.0223 e. The molecule has 0 aromatic rings. The molecule has 0 bridgehead atoms. The van der Waals surface area contributed by atoms with Crippen molar-refractivity contribution in [3.8, 4) is 0 Å². The molecular weight excluding hydrogens is 210 g/mol. The maximum absolute atomic E-state index is 3.39. The minimum absolute atomic E-state index is 0.713. The molecule has 0 aliphatic carbocycles. The molecule has 1 saturated heterocycles. The van der Waals surface area contributed by atoms with E-state index >= 15 is 0 Å². The van der Waals surface area contributed by atoms with Crippen LogP contribution in [-0.2, 0) is 0 Å². The Morgan fingerprint density at radius 2 is 2.18 bits per heavy atom. The van der Waals surface area contributed by atoms with E-state index in [1.165, 1.54) is 51.7 Å². The summed E-state index contributed by atoms with van der Waals surface area (Å²) in [4.78, 5) is 5.02. The van der Waals surface area contributed by atoms with Crippen LogP contribution in [0.4, 0.5) is 0 Å². The second-order valence-electron chi connectivity index (χ2n) is 5.63. The molecule has 1 fully saturated rings. The van der Waals surface area contributed by atoms with Crippen molar-refractivity contribution in [3.63, 3.8) is 0 Å². The summed E-state index contributed by atoms with van der Waals surface area (Å²) in [5.41, 5.74) is 0. The Kier molecular flexibility index (Phi) is 7.09. The van der Waals surface area contributed by atoms with Gasteiger partial charge in [0, 0.05) is 18.6 Å². The molecule has 2 unspecified atom stereocenters. The minimum atomic E-state index is 0.713. The molecule has 1 N–H and O–H groups in total. The molecule has 0 aromatic carbocycles. The predicted molar refractivity (Wildman–Crippen MR) is 75.5 cm³/mol. The zero-order chi connectivity index (χ0) is 12.7. The van der Waals surface area contributed by atoms with Crippen molar-refractivity contribution in [2.24, 2.45) is 0 Å². The third kappa shape index (κ3) is 5.36. The van der Waals surface area contributed by atoms with Gasteiger partial charge < -0.3 is 10.2 Å². The first-order valence-electron chi connectivity index (χ1n) is 7.23. The SMILES string of the molecule is CCC(CCCN1CCCC1CN(C)C)NC. The minimum Gasteiger partial charge on any atom is -0.317 e. The van der Waals surface area contributed by atoms with Crippen molar-refractivity contribution in [1.29, 1.82) is 0 Å². The average molecular weight is 241 g/mol. The fourth-order valence-electron chi connectivity index (χ4n) is 2.91. The highest BCUT2D eigenvalue weighted by Gasteiger charge is 2.24. The molecule has 0 spiro atoms. The second kappa shape index (κ2) is 8.06. The van der Waals surface area contributed by atoms with Crippen LogP contribution >= 0.6 is 0 Å².